The van der Waals surface area contributed by atoms with Crippen LogP contribution < -0.4 is 5.32 Å². The minimum atomic E-state index is -4.44. The topological polar surface area (TPSA) is 124 Å². The number of allylic oxidation sites excluding steroid dienone is 3. The molecule has 0 saturated heterocycles. The molecule has 0 heterocycles. The third-order valence-electron chi connectivity index (χ3n) is 8.73. The SMILES string of the molecule is CCCCCCCCC/C=C\CCCCCCC(O)C(=O)NC(CS(=O)(=O)O)C(O)/C=C/CCCCCCCCCCCCCC. The van der Waals surface area contributed by atoms with Gasteiger partial charge in [0.2, 0.25) is 5.91 Å². The maximum absolute atomic E-state index is 12.5. The van der Waals surface area contributed by atoms with Crippen molar-refractivity contribution in [1.29, 1.82) is 0 Å². The molecule has 0 rings (SSSR count). The lowest BCUT2D eigenvalue weighted by Crippen LogP contribution is -2.50. The van der Waals surface area contributed by atoms with E-state index in [1.54, 1.807) is 6.08 Å². The van der Waals surface area contributed by atoms with Crippen molar-refractivity contribution in [3.05, 3.63) is 24.3 Å². The van der Waals surface area contributed by atoms with Gasteiger partial charge >= 0.3 is 0 Å². The van der Waals surface area contributed by atoms with Crippen LogP contribution in [0.4, 0.5) is 0 Å². The smallest absolute Gasteiger partial charge is 0.267 e. The summed E-state index contributed by atoms with van der Waals surface area (Å²) in [7, 11) is -4.44. The maximum Gasteiger partial charge on any atom is 0.267 e. The first-order chi connectivity index (χ1) is 22.2. The summed E-state index contributed by atoms with van der Waals surface area (Å²) in [6.45, 7) is 4.49. The molecule has 0 aromatic rings. The van der Waals surface area contributed by atoms with Gasteiger partial charge < -0.3 is 15.5 Å². The highest BCUT2D eigenvalue weighted by atomic mass is 32.2. The average Bonchev–Trinajstić information content (AvgIpc) is 3.01. The first-order valence-electron chi connectivity index (χ1n) is 19.1. The molecule has 0 bridgehead atoms. The molecule has 0 spiro atoms. The fourth-order valence-electron chi connectivity index (χ4n) is 5.74. The van der Waals surface area contributed by atoms with Crippen molar-refractivity contribution < 1.29 is 28.0 Å². The van der Waals surface area contributed by atoms with E-state index in [1.165, 1.54) is 115 Å². The molecule has 0 aromatic heterocycles. The molecular formula is C38H73NO6S. The monoisotopic (exact) mass is 672 g/mol. The fourth-order valence-corrected chi connectivity index (χ4v) is 6.48. The number of amides is 1. The average molecular weight is 672 g/mol. The molecule has 0 saturated carbocycles. The van der Waals surface area contributed by atoms with E-state index < -0.39 is 40.0 Å². The molecule has 4 N–H and O–H groups in total. The van der Waals surface area contributed by atoms with Gasteiger partial charge in [-0.15, -0.1) is 0 Å². The molecule has 0 aliphatic carbocycles. The lowest BCUT2D eigenvalue weighted by Gasteiger charge is -2.22. The third kappa shape index (κ3) is 31.4. The van der Waals surface area contributed by atoms with Gasteiger partial charge in [0.1, 0.15) is 6.10 Å². The molecule has 46 heavy (non-hydrogen) atoms. The lowest BCUT2D eigenvalue weighted by atomic mass is 10.0. The Morgan fingerprint density at radius 2 is 0.957 bits per heavy atom. The molecule has 0 aliphatic rings. The summed E-state index contributed by atoms with van der Waals surface area (Å²) >= 11 is 0. The standard InChI is InChI=1S/C38H73NO6S/c1-3-5-7-9-11-13-15-17-19-21-23-25-27-29-31-33-37(41)38(42)39-35(34-46(43,44)45)36(40)32-30-28-26-24-22-20-18-16-14-12-10-8-6-4-2/h19,21,30,32,35-37,40-41H,3-18,20,22-29,31,33-34H2,1-2H3,(H,39,42)(H,43,44,45)/b21-19-,32-30+. The number of aliphatic hydroxyl groups excluding tert-OH is 2. The van der Waals surface area contributed by atoms with E-state index in [4.69, 9.17) is 0 Å². The summed E-state index contributed by atoms with van der Waals surface area (Å²) in [4.78, 5) is 12.5. The predicted molar refractivity (Wildman–Crippen MR) is 195 cm³/mol. The summed E-state index contributed by atoms with van der Waals surface area (Å²) in [5, 5.41) is 23.3. The number of rotatable bonds is 34. The first-order valence-corrected chi connectivity index (χ1v) is 20.8. The van der Waals surface area contributed by atoms with Gasteiger partial charge in [0, 0.05) is 0 Å². The van der Waals surface area contributed by atoms with E-state index in [0.29, 0.717) is 6.42 Å². The highest BCUT2D eigenvalue weighted by Gasteiger charge is 2.27. The Morgan fingerprint density at radius 3 is 1.37 bits per heavy atom. The number of nitrogens with one attached hydrogen (secondary N) is 1. The molecule has 7 nitrogen and oxygen atoms in total. The van der Waals surface area contributed by atoms with Crippen LogP contribution in [0.1, 0.15) is 187 Å². The van der Waals surface area contributed by atoms with Crippen LogP contribution in [0.15, 0.2) is 24.3 Å². The molecule has 272 valence electrons. The van der Waals surface area contributed by atoms with Gasteiger partial charge in [0.15, 0.2) is 0 Å². The predicted octanol–water partition coefficient (Wildman–Crippen LogP) is 9.77. The molecule has 1 amide bonds. The van der Waals surface area contributed by atoms with Gasteiger partial charge in [0.25, 0.3) is 10.1 Å². The Labute approximate surface area is 284 Å². The fraction of sp³-hybridized carbons (Fsp3) is 0.868. The number of unbranched alkanes of at least 4 members (excludes halogenated alkanes) is 23. The van der Waals surface area contributed by atoms with Crippen LogP contribution in [-0.2, 0) is 14.9 Å². The summed E-state index contributed by atoms with van der Waals surface area (Å²) in [6, 6.07) is -1.23. The van der Waals surface area contributed by atoms with Crippen LogP contribution in [0.25, 0.3) is 0 Å². The van der Waals surface area contributed by atoms with Crippen molar-refractivity contribution in [2.75, 3.05) is 5.75 Å². The van der Waals surface area contributed by atoms with Gasteiger partial charge in [0.05, 0.1) is 17.9 Å². The summed E-state index contributed by atoms with van der Waals surface area (Å²) < 4.78 is 32.4. The molecular weight excluding hydrogens is 598 g/mol. The molecule has 0 fully saturated rings. The number of carbonyl (C=O) groups excluding carboxylic acids is 1. The van der Waals surface area contributed by atoms with Crippen LogP contribution in [0.5, 0.6) is 0 Å². The van der Waals surface area contributed by atoms with Crippen molar-refractivity contribution in [1.82, 2.24) is 5.32 Å². The lowest BCUT2D eigenvalue weighted by molar-refractivity contribution is -0.130. The van der Waals surface area contributed by atoms with Crippen LogP contribution in [-0.4, -0.2) is 53.1 Å². The van der Waals surface area contributed by atoms with Crippen molar-refractivity contribution >= 4 is 16.0 Å². The minimum absolute atomic E-state index is 0.267. The third-order valence-corrected chi connectivity index (χ3v) is 9.51. The van der Waals surface area contributed by atoms with Gasteiger partial charge in [-0.2, -0.15) is 8.42 Å². The minimum Gasteiger partial charge on any atom is -0.387 e. The molecule has 8 heteroatoms. The molecule has 0 aromatic carbocycles. The van der Waals surface area contributed by atoms with Crippen molar-refractivity contribution in [3.8, 4) is 0 Å². The van der Waals surface area contributed by atoms with Crippen LogP contribution in [0, 0.1) is 0 Å². The zero-order valence-corrected chi connectivity index (χ0v) is 30.6. The van der Waals surface area contributed by atoms with E-state index in [-0.39, 0.29) is 6.42 Å². The van der Waals surface area contributed by atoms with E-state index in [9.17, 15) is 28.0 Å². The molecule has 3 atom stereocenters. The second-order valence-electron chi connectivity index (χ2n) is 13.3. The Hall–Kier alpha value is -1.22. The summed E-state index contributed by atoms with van der Waals surface area (Å²) in [6.07, 6.45) is 36.5. The molecule has 3 unspecified atom stereocenters. The van der Waals surface area contributed by atoms with Crippen LogP contribution in [0.3, 0.4) is 0 Å². The van der Waals surface area contributed by atoms with Gasteiger partial charge in [-0.25, -0.2) is 0 Å². The summed E-state index contributed by atoms with van der Waals surface area (Å²) in [5.41, 5.74) is 0. The van der Waals surface area contributed by atoms with E-state index >= 15 is 0 Å². The molecule has 0 aliphatic heterocycles. The Kier molecular flexibility index (Phi) is 31.5. The van der Waals surface area contributed by atoms with Crippen molar-refractivity contribution in [2.24, 2.45) is 0 Å². The van der Waals surface area contributed by atoms with Gasteiger partial charge in [-0.3, -0.25) is 9.35 Å². The zero-order chi connectivity index (χ0) is 34.1. The van der Waals surface area contributed by atoms with Crippen molar-refractivity contribution in [2.45, 2.75) is 205 Å². The van der Waals surface area contributed by atoms with E-state index in [0.717, 1.165) is 51.4 Å². The Bertz CT molecular complexity index is 844. The van der Waals surface area contributed by atoms with E-state index in [2.05, 4.69) is 31.3 Å². The second kappa shape index (κ2) is 32.3. The van der Waals surface area contributed by atoms with Crippen molar-refractivity contribution in [3.63, 3.8) is 0 Å². The number of hydrogen-bond donors (Lipinski definition) is 4. The normalized spacial score (nSPS) is 14.3. The zero-order valence-electron chi connectivity index (χ0n) is 29.8. The van der Waals surface area contributed by atoms with Crippen LogP contribution in [0.2, 0.25) is 0 Å². The highest BCUT2D eigenvalue weighted by molar-refractivity contribution is 7.85. The number of carbonyl (C=O) groups is 1. The first kappa shape index (κ1) is 44.8. The quantitative estimate of drug-likeness (QED) is 0.0307. The number of hydrogen-bond acceptors (Lipinski definition) is 5. The van der Waals surface area contributed by atoms with Gasteiger partial charge in [-0.1, -0.05) is 167 Å². The Morgan fingerprint density at radius 1 is 0.587 bits per heavy atom. The number of aliphatic hydroxyl groups is 2. The van der Waals surface area contributed by atoms with E-state index in [1.807, 2.05) is 0 Å². The highest BCUT2D eigenvalue weighted by Crippen LogP contribution is 2.14. The maximum atomic E-state index is 12.5. The Balaban J connectivity index is 4.11. The second-order valence-corrected chi connectivity index (χ2v) is 14.8. The van der Waals surface area contributed by atoms with Crippen LogP contribution >= 0.6 is 0 Å². The molecule has 0 radical (unpaired) electrons. The summed E-state index contributed by atoms with van der Waals surface area (Å²) in [5.74, 6) is -1.54. The van der Waals surface area contributed by atoms with Gasteiger partial charge in [-0.05, 0) is 44.9 Å². The largest absolute Gasteiger partial charge is 0.387 e.